The van der Waals surface area contributed by atoms with Crippen molar-refractivity contribution < 1.29 is 4.39 Å². The molecular weight excluding hydrogens is 239 g/mol. The lowest BCUT2D eigenvalue weighted by molar-refractivity contribution is 0.623. The first-order valence-corrected chi connectivity index (χ1v) is 6.11. The summed E-state index contributed by atoms with van der Waals surface area (Å²) in [6.45, 7) is 0. The van der Waals surface area contributed by atoms with Gasteiger partial charge in [-0.2, -0.15) is 0 Å². The predicted octanol–water partition coefficient (Wildman–Crippen LogP) is 3.42. The molecule has 3 heteroatoms. The maximum atomic E-state index is 13.2. The zero-order valence-corrected chi connectivity index (χ0v) is 10.3. The van der Waals surface area contributed by atoms with Gasteiger partial charge in [0.1, 0.15) is 5.82 Å². The van der Waals surface area contributed by atoms with Crippen LogP contribution in [-0.4, -0.2) is 4.98 Å². The fourth-order valence-corrected chi connectivity index (χ4v) is 2.13. The standard InChI is InChI=1S/C16H13FN2/c17-13-6-3-5-12(10-13)16(18)15-9-8-11-4-1-2-7-14(11)19-15/h1-10,16H,18H2. The van der Waals surface area contributed by atoms with Gasteiger partial charge in [0.2, 0.25) is 0 Å². The van der Waals surface area contributed by atoms with Gasteiger partial charge < -0.3 is 5.73 Å². The van der Waals surface area contributed by atoms with Crippen LogP contribution in [0.5, 0.6) is 0 Å². The number of halogens is 1. The first kappa shape index (κ1) is 11.8. The van der Waals surface area contributed by atoms with Crippen LogP contribution in [0.2, 0.25) is 0 Å². The van der Waals surface area contributed by atoms with Gasteiger partial charge in [0.25, 0.3) is 0 Å². The normalized spacial score (nSPS) is 12.5. The van der Waals surface area contributed by atoms with Crippen molar-refractivity contribution in [2.24, 2.45) is 5.73 Å². The van der Waals surface area contributed by atoms with Gasteiger partial charge >= 0.3 is 0 Å². The molecule has 2 nitrogen and oxygen atoms in total. The quantitative estimate of drug-likeness (QED) is 0.759. The van der Waals surface area contributed by atoms with Crippen LogP contribution >= 0.6 is 0 Å². The minimum absolute atomic E-state index is 0.284. The molecule has 2 aromatic carbocycles. The summed E-state index contributed by atoms with van der Waals surface area (Å²) in [5.74, 6) is -0.284. The molecule has 1 aromatic heterocycles. The predicted molar refractivity (Wildman–Crippen MR) is 74.2 cm³/mol. The second-order valence-electron chi connectivity index (χ2n) is 4.46. The minimum atomic E-state index is -0.416. The Morgan fingerprint density at radius 1 is 0.947 bits per heavy atom. The Labute approximate surface area is 110 Å². The number of fused-ring (bicyclic) bond motifs is 1. The molecule has 94 valence electrons. The van der Waals surface area contributed by atoms with Crippen LogP contribution in [0, 0.1) is 5.82 Å². The molecule has 0 radical (unpaired) electrons. The van der Waals surface area contributed by atoms with E-state index in [0.29, 0.717) is 0 Å². The smallest absolute Gasteiger partial charge is 0.123 e. The van der Waals surface area contributed by atoms with Crippen LogP contribution in [-0.2, 0) is 0 Å². The molecule has 19 heavy (non-hydrogen) atoms. The van der Waals surface area contributed by atoms with Gasteiger partial charge in [-0.3, -0.25) is 4.98 Å². The first-order chi connectivity index (χ1) is 9.24. The SMILES string of the molecule is NC(c1cccc(F)c1)c1ccc2ccccc2n1. The number of para-hydroxylation sites is 1. The van der Waals surface area contributed by atoms with Gasteiger partial charge in [0.05, 0.1) is 17.3 Å². The number of rotatable bonds is 2. The summed E-state index contributed by atoms with van der Waals surface area (Å²) in [5.41, 5.74) is 8.51. The number of hydrogen-bond acceptors (Lipinski definition) is 2. The Bertz CT molecular complexity index is 725. The molecule has 3 aromatic rings. The Hall–Kier alpha value is -2.26. The van der Waals surface area contributed by atoms with Crippen LogP contribution in [0.3, 0.4) is 0 Å². The fraction of sp³-hybridized carbons (Fsp3) is 0.0625. The summed E-state index contributed by atoms with van der Waals surface area (Å²) in [5, 5.41) is 1.07. The van der Waals surface area contributed by atoms with E-state index in [1.54, 1.807) is 6.07 Å². The van der Waals surface area contributed by atoms with Gasteiger partial charge in [-0.05, 0) is 29.8 Å². The first-order valence-electron chi connectivity index (χ1n) is 6.11. The lowest BCUT2D eigenvalue weighted by atomic mass is 10.0. The highest BCUT2D eigenvalue weighted by Gasteiger charge is 2.11. The molecule has 1 heterocycles. The number of hydrogen-bond donors (Lipinski definition) is 1. The summed E-state index contributed by atoms with van der Waals surface area (Å²) in [6.07, 6.45) is 0. The van der Waals surface area contributed by atoms with Crippen molar-refractivity contribution in [3.63, 3.8) is 0 Å². The zero-order chi connectivity index (χ0) is 13.2. The second kappa shape index (κ2) is 4.78. The Morgan fingerprint density at radius 3 is 2.63 bits per heavy atom. The number of nitrogens with two attached hydrogens (primary N) is 1. The molecule has 0 fully saturated rings. The van der Waals surface area contributed by atoms with E-state index in [4.69, 9.17) is 5.73 Å². The summed E-state index contributed by atoms with van der Waals surface area (Å²) >= 11 is 0. The summed E-state index contributed by atoms with van der Waals surface area (Å²) in [4.78, 5) is 4.53. The molecule has 0 bridgehead atoms. The number of nitrogens with zero attached hydrogens (tertiary/aromatic N) is 1. The molecular formula is C16H13FN2. The lowest BCUT2D eigenvalue weighted by Gasteiger charge is -2.12. The van der Waals surface area contributed by atoms with Crippen LogP contribution in [0.1, 0.15) is 17.3 Å². The van der Waals surface area contributed by atoms with E-state index in [0.717, 1.165) is 22.2 Å². The van der Waals surface area contributed by atoms with E-state index in [2.05, 4.69) is 4.98 Å². The van der Waals surface area contributed by atoms with E-state index >= 15 is 0 Å². The van der Waals surface area contributed by atoms with E-state index in [1.165, 1.54) is 12.1 Å². The molecule has 0 amide bonds. The van der Waals surface area contributed by atoms with Crippen molar-refractivity contribution in [1.82, 2.24) is 4.98 Å². The van der Waals surface area contributed by atoms with E-state index in [1.807, 2.05) is 42.5 Å². The van der Waals surface area contributed by atoms with E-state index < -0.39 is 6.04 Å². The van der Waals surface area contributed by atoms with Crippen molar-refractivity contribution in [3.8, 4) is 0 Å². The van der Waals surface area contributed by atoms with Crippen LogP contribution < -0.4 is 5.73 Å². The van der Waals surface area contributed by atoms with Crippen molar-refractivity contribution >= 4 is 10.9 Å². The molecule has 1 unspecified atom stereocenters. The number of benzene rings is 2. The molecule has 0 saturated heterocycles. The molecule has 0 aliphatic rings. The summed E-state index contributed by atoms with van der Waals surface area (Å²) < 4.78 is 13.2. The van der Waals surface area contributed by atoms with Gasteiger partial charge in [-0.25, -0.2) is 4.39 Å². The van der Waals surface area contributed by atoms with Crippen LogP contribution in [0.25, 0.3) is 10.9 Å². The Balaban J connectivity index is 2.04. The molecule has 0 saturated carbocycles. The summed E-state index contributed by atoms with van der Waals surface area (Å²) in [7, 11) is 0. The van der Waals surface area contributed by atoms with Crippen molar-refractivity contribution in [2.45, 2.75) is 6.04 Å². The lowest BCUT2D eigenvalue weighted by Crippen LogP contribution is -2.13. The topological polar surface area (TPSA) is 38.9 Å². The largest absolute Gasteiger partial charge is 0.319 e. The monoisotopic (exact) mass is 252 g/mol. The highest BCUT2D eigenvalue weighted by Crippen LogP contribution is 2.21. The average Bonchev–Trinajstić information content (AvgIpc) is 2.46. The van der Waals surface area contributed by atoms with Crippen LogP contribution in [0.15, 0.2) is 60.7 Å². The van der Waals surface area contributed by atoms with Gasteiger partial charge in [-0.1, -0.05) is 36.4 Å². The number of aromatic nitrogens is 1. The van der Waals surface area contributed by atoms with Crippen LogP contribution in [0.4, 0.5) is 4.39 Å². The molecule has 2 N–H and O–H groups in total. The Morgan fingerprint density at radius 2 is 1.79 bits per heavy atom. The Kier molecular flexibility index (Phi) is 2.97. The van der Waals surface area contributed by atoms with E-state index in [9.17, 15) is 4.39 Å². The maximum absolute atomic E-state index is 13.2. The average molecular weight is 252 g/mol. The van der Waals surface area contributed by atoms with Gasteiger partial charge in [-0.15, -0.1) is 0 Å². The molecule has 0 spiro atoms. The third-order valence-electron chi connectivity index (χ3n) is 3.15. The molecule has 3 rings (SSSR count). The van der Waals surface area contributed by atoms with Gasteiger partial charge in [0.15, 0.2) is 0 Å². The van der Waals surface area contributed by atoms with Crippen molar-refractivity contribution in [1.29, 1.82) is 0 Å². The maximum Gasteiger partial charge on any atom is 0.123 e. The van der Waals surface area contributed by atoms with E-state index in [-0.39, 0.29) is 5.82 Å². The third kappa shape index (κ3) is 2.33. The third-order valence-corrected chi connectivity index (χ3v) is 3.15. The molecule has 0 aliphatic heterocycles. The summed E-state index contributed by atoms with van der Waals surface area (Å²) in [6, 6.07) is 17.6. The van der Waals surface area contributed by atoms with Crippen molar-refractivity contribution in [3.05, 3.63) is 77.7 Å². The fourth-order valence-electron chi connectivity index (χ4n) is 2.13. The minimum Gasteiger partial charge on any atom is -0.319 e. The van der Waals surface area contributed by atoms with Crippen molar-refractivity contribution in [2.75, 3.05) is 0 Å². The number of pyridine rings is 1. The highest BCUT2D eigenvalue weighted by atomic mass is 19.1. The highest BCUT2D eigenvalue weighted by molar-refractivity contribution is 5.78. The second-order valence-corrected chi connectivity index (χ2v) is 4.46. The zero-order valence-electron chi connectivity index (χ0n) is 10.3. The molecule has 0 aliphatic carbocycles. The van der Waals surface area contributed by atoms with Gasteiger partial charge in [0, 0.05) is 5.39 Å². The molecule has 1 atom stereocenters.